The molecule has 2 rings (SSSR count). The van der Waals surface area contributed by atoms with Crippen LogP contribution < -0.4 is 5.32 Å². The van der Waals surface area contributed by atoms with E-state index >= 15 is 0 Å². The van der Waals surface area contributed by atoms with Gasteiger partial charge in [0.25, 0.3) is 0 Å². The largest absolute Gasteiger partial charge is 0.325 e. The summed E-state index contributed by atoms with van der Waals surface area (Å²) in [5.41, 5.74) is 2.22. The molecular formula is C15H20ClNO. The van der Waals surface area contributed by atoms with Crippen LogP contribution in [0.15, 0.2) is 24.3 Å². The molecule has 0 heterocycles. The van der Waals surface area contributed by atoms with Crippen LogP contribution in [0.25, 0.3) is 0 Å². The highest BCUT2D eigenvalue weighted by Gasteiger charge is 2.17. The number of rotatable bonds is 3. The van der Waals surface area contributed by atoms with Gasteiger partial charge in [0.1, 0.15) is 5.88 Å². The molecule has 2 nitrogen and oxygen atoms in total. The van der Waals surface area contributed by atoms with Gasteiger partial charge in [-0.15, -0.1) is 11.6 Å². The van der Waals surface area contributed by atoms with Gasteiger partial charge in [-0.25, -0.2) is 0 Å². The van der Waals surface area contributed by atoms with E-state index in [1.165, 1.54) is 44.1 Å². The summed E-state index contributed by atoms with van der Waals surface area (Å²) in [5.74, 6) is 0.469. The lowest BCUT2D eigenvalue weighted by Crippen LogP contribution is -2.15. The molecule has 1 aromatic carbocycles. The number of carbonyl (C=O) groups is 1. The van der Waals surface area contributed by atoms with E-state index in [2.05, 4.69) is 17.4 Å². The predicted octanol–water partition coefficient (Wildman–Crippen LogP) is 4.30. The van der Waals surface area contributed by atoms with Crippen LogP contribution in [0.2, 0.25) is 0 Å². The van der Waals surface area contributed by atoms with Crippen LogP contribution in [-0.4, -0.2) is 11.8 Å². The number of carbonyl (C=O) groups excluding carboxylic acids is 1. The number of amides is 1. The van der Waals surface area contributed by atoms with Crippen molar-refractivity contribution in [3.05, 3.63) is 29.8 Å². The highest BCUT2D eigenvalue weighted by atomic mass is 35.5. The van der Waals surface area contributed by atoms with Crippen LogP contribution in [0.3, 0.4) is 0 Å². The summed E-state index contributed by atoms with van der Waals surface area (Å²) >= 11 is 5.55. The van der Waals surface area contributed by atoms with Gasteiger partial charge in [-0.1, -0.05) is 43.9 Å². The molecule has 1 aliphatic rings. The lowest BCUT2D eigenvalue weighted by Gasteiger charge is -2.18. The molecule has 1 fully saturated rings. The molecule has 1 aliphatic carbocycles. The van der Waals surface area contributed by atoms with Gasteiger partial charge >= 0.3 is 0 Å². The summed E-state index contributed by atoms with van der Waals surface area (Å²) < 4.78 is 0. The van der Waals surface area contributed by atoms with Gasteiger partial charge < -0.3 is 5.32 Å². The first-order valence-corrected chi connectivity index (χ1v) is 7.29. The normalized spacial score (nSPS) is 17.2. The highest BCUT2D eigenvalue weighted by molar-refractivity contribution is 6.29. The molecule has 1 aromatic rings. The third kappa shape index (κ3) is 3.49. The molecule has 0 aliphatic heterocycles. The van der Waals surface area contributed by atoms with Crippen LogP contribution in [0.5, 0.6) is 0 Å². The van der Waals surface area contributed by atoms with Gasteiger partial charge in [-0.3, -0.25) is 4.79 Å². The zero-order valence-electron chi connectivity index (χ0n) is 10.6. The maximum absolute atomic E-state index is 11.4. The van der Waals surface area contributed by atoms with E-state index in [-0.39, 0.29) is 11.8 Å². The summed E-state index contributed by atoms with van der Waals surface area (Å²) in [7, 11) is 0. The van der Waals surface area contributed by atoms with Gasteiger partial charge in [-0.05, 0) is 30.4 Å². The first-order valence-electron chi connectivity index (χ1n) is 6.76. The number of benzene rings is 1. The van der Waals surface area contributed by atoms with Crippen molar-refractivity contribution >= 4 is 23.2 Å². The number of hydrogen-bond acceptors (Lipinski definition) is 1. The molecule has 0 atom stereocenters. The van der Waals surface area contributed by atoms with Crippen LogP contribution in [0.4, 0.5) is 5.69 Å². The van der Waals surface area contributed by atoms with Crippen molar-refractivity contribution in [2.45, 2.75) is 44.4 Å². The monoisotopic (exact) mass is 265 g/mol. The Bertz CT molecular complexity index is 397. The second kappa shape index (κ2) is 6.79. The van der Waals surface area contributed by atoms with E-state index < -0.39 is 0 Å². The van der Waals surface area contributed by atoms with Gasteiger partial charge in [0.15, 0.2) is 0 Å². The third-order valence-corrected chi connectivity index (χ3v) is 3.89. The molecule has 0 bridgehead atoms. The Morgan fingerprint density at radius 3 is 2.50 bits per heavy atom. The van der Waals surface area contributed by atoms with Gasteiger partial charge in [-0.2, -0.15) is 0 Å². The molecule has 98 valence electrons. The van der Waals surface area contributed by atoms with E-state index in [9.17, 15) is 4.79 Å². The van der Waals surface area contributed by atoms with Crippen LogP contribution in [0.1, 0.15) is 50.0 Å². The number of hydrogen-bond donors (Lipinski definition) is 1. The summed E-state index contributed by atoms with van der Waals surface area (Å²) in [6.07, 6.45) is 7.73. The van der Waals surface area contributed by atoms with E-state index in [0.717, 1.165) is 5.69 Å². The number of nitrogens with one attached hydrogen (secondary N) is 1. The smallest absolute Gasteiger partial charge is 0.239 e. The van der Waals surface area contributed by atoms with Crippen LogP contribution >= 0.6 is 11.6 Å². The average Bonchev–Trinajstić information content (AvgIpc) is 2.68. The number of anilines is 1. The van der Waals surface area contributed by atoms with Crippen molar-refractivity contribution in [1.29, 1.82) is 0 Å². The summed E-state index contributed by atoms with van der Waals surface area (Å²) in [5, 5.41) is 2.91. The minimum Gasteiger partial charge on any atom is -0.325 e. The lowest BCUT2D eigenvalue weighted by atomic mass is 9.90. The Labute approximate surface area is 114 Å². The quantitative estimate of drug-likeness (QED) is 0.641. The zero-order valence-corrected chi connectivity index (χ0v) is 11.4. The van der Waals surface area contributed by atoms with Crippen molar-refractivity contribution in [2.75, 3.05) is 11.2 Å². The zero-order chi connectivity index (χ0) is 12.8. The Morgan fingerprint density at radius 2 is 1.83 bits per heavy atom. The molecular weight excluding hydrogens is 246 g/mol. The van der Waals surface area contributed by atoms with Crippen molar-refractivity contribution in [3.8, 4) is 0 Å². The molecule has 1 saturated carbocycles. The Hall–Kier alpha value is -1.02. The van der Waals surface area contributed by atoms with Crippen molar-refractivity contribution in [2.24, 2.45) is 0 Å². The summed E-state index contributed by atoms with van der Waals surface area (Å²) in [6.45, 7) is 0. The molecule has 1 amide bonds. The minimum absolute atomic E-state index is 0.0129. The standard InChI is InChI=1S/C15H20ClNO/c16-11-15(18)17-14-10-6-5-9-13(14)12-7-3-1-2-4-8-12/h5-6,9-10,12H,1-4,7-8,11H2,(H,17,18). The average molecular weight is 266 g/mol. The Morgan fingerprint density at radius 1 is 1.17 bits per heavy atom. The summed E-state index contributed by atoms with van der Waals surface area (Å²) in [6, 6.07) is 8.13. The van der Waals surface area contributed by atoms with Gasteiger partial charge in [0.2, 0.25) is 5.91 Å². The molecule has 0 unspecified atom stereocenters. The first kappa shape index (κ1) is 13.4. The molecule has 3 heteroatoms. The second-order valence-corrected chi connectivity index (χ2v) is 5.22. The fourth-order valence-electron chi connectivity index (χ4n) is 2.74. The maximum Gasteiger partial charge on any atom is 0.239 e. The van der Waals surface area contributed by atoms with E-state index in [1.54, 1.807) is 0 Å². The Balaban J connectivity index is 2.17. The minimum atomic E-state index is -0.127. The fraction of sp³-hybridized carbons (Fsp3) is 0.533. The third-order valence-electron chi connectivity index (χ3n) is 3.65. The van der Waals surface area contributed by atoms with E-state index in [4.69, 9.17) is 11.6 Å². The summed E-state index contributed by atoms with van der Waals surface area (Å²) in [4.78, 5) is 11.4. The SMILES string of the molecule is O=C(CCl)Nc1ccccc1C1CCCCCC1. The first-order chi connectivity index (χ1) is 8.81. The number of para-hydroxylation sites is 1. The molecule has 0 saturated heterocycles. The van der Waals surface area contributed by atoms with E-state index in [1.807, 2.05) is 12.1 Å². The van der Waals surface area contributed by atoms with Crippen molar-refractivity contribution < 1.29 is 4.79 Å². The molecule has 18 heavy (non-hydrogen) atoms. The van der Waals surface area contributed by atoms with Crippen LogP contribution in [0, 0.1) is 0 Å². The molecule has 1 N–H and O–H groups in total. The van der Waals surface area contributed by atoms with Crippen LogP contribution in [-0.2, 0) is 4.79 Å². The lowest BCUT2D eigenvalue weighted by molar-refractivity contribution is -0.113. The van der Waals surface area contributed by atoms with Crippen molar-refractivity contribution in [1.82, 2.24) is 0 Å². The number of halogens is 1. The Kier molecular flexibility index (Phi) is 5.06. The molecule has 0 radical (unpaired) electrons. The topological polar surface area (TPSA) is 29.1 Å². The number of alkyl halides is 1. The predicted molar refractivity (Wildman–Crippen MR) is 76.2 cm³/mol. The molecule has 0 aromatic heterocycles. The van der Waals surface area contributed by atoms with Gasteiger partial charge in [0, 0.05) is 5.69 Å². The highest BCUT2D eigenvalue weighted by Crippen LogP contribution is 2.35. The fourth-order valence-corrected chi connectivity index (χ4v) is 2.81. The maximum atomic E-state index is 11.4. The molecule has 0 spiro atoms. The van der Waals surface area contributed by atoms with E-state index in [0.29, 0.717) is 5.92 Å². The second-order valence-electron chi connectivity index (χ2n) is 4.96. The van der Waals surface area contributed by atoms with Gasteiger partial charge in [0.05, 0.1) is 0 Å². The van der Waals surface area contributed by atoms with Crippen molar-refractivity contribution in [3.63, 3.8) is 0 Å².